The van der Waals surface area contributed by atoms with Gasteiger partial charge in [0.2, 0.25) is 17.8 Å². The second-order valence-electron chi connectivity index (χ2n) is 12.9. The largest absolute Gasteiger partial charge is 0.504 e. The van der Waals surface area contributed by atoms with Gasteiger partial charge in [0, 0.05) is 53.9 Å². The van der Waals surface area contributed by atoms with Gasteiger partial charge in [-0.05, 0) is 69.2 Å². The molecule has 55 heavy (non-hydrogen) atoms. The van der Waals surface area contributed by atoms with Gasteiger partial charge >= 0.3 is 6.30 Å². The quantitative estimate of drug-likeness (QED) is 0.146. The Morgan fingerprint density at radius 1 is 0.891 bits per heavy atom. The summed E-state index contributed by atoms with van der Waals surface area (Å²) in [6.45, 7) is 8.13. The number of aryl methyl sites for hydroxylation is 4. The number of benzene rings is 2. The van der Waals surface area contributed by atoms with Gasteiger partial charge in [-0.1, -0.05) is 19.1 Å². The van der Waals surface area contributed by atoms with E-state index in [1.165, 1.54) is 6.20 Å². The van der Waals surface area contributed by atoms with Crippen molar-refractivity contribution in [2.45, 2.75) is 60.1 Å². The van der Waals surface area contributed by atoms with Crippen molar-refractivity contribution in [2.75, 3.05) is 5.32 Å². The maximum absolute atomic E-state index is 13.6. The molecule has 0 fully saturated rings. The first-order valence-electron chi connectivity index (χ1n) is 17.2. The zero-order chi connectivity index (χ0) is 39.3. The van der Waals surface area contributed by atoms with Crippen LogP contribution in [0.4, 0.5) is 19.1 Å². The van der Waals surface area contributed by atoms with Gasteiger partial charge in [-0.3, -0.25) is 24.4 Å². The standard InChI is InChI=1S/C37H35F3N12O3/c1-5-26-25(18-52(48-26)37(38,39)40)33-43-17-24-23-15-21(31(41)53)9-10-28(23)49(34(24)45-33)11-7-8-12-50-30-19(3)13-22(32(42)54)16-27(30)44-36(50)46-35(55)29-14-20(4)47-51(29)6-2/h7-10,13-18H,5-6,11-12H2,1-4H3,(H2,41,53)(H2,42,54)(H,44,46,55)/b8-7+. The fraction of sp³-hybridized carbons (Fsp3) is 0.243. The van der Waals surface area contributed by atoms with E-state index in [1.807, 2.05) is 30.6 Å². The van der Waals surface area contributed by atoms with Crippen LogP contribution in [-0.2, 0) is 32.4 Å². The van der Waals surface area contributed by atoms with Crippen LogP contribution in [0.15, 0.2) is 60.9 Å². The highest BCUT2D eigenvalue weighted by atomic mass is 19.4. The van der Waals surface area contributed by atoms with Gasteiger partial charge in [0.15, 0.2) is 5.82 Å². The summed E-state index contributed by atoms with van der Waals surface area (Å²) in [5.74, 6) is -1.38. The van der Waals surface area contributed by atoms with Crippen molar-refractivity contribution in [1.29, 1.82) is 0 Å². The molecule has 15 nitrogen and oxygen atoms in total. The van der Waals surface area contributed by atoms with Crippen LogP contribution in [0.1, 0.15) is 62.0 Å². The first-order valence-corrected chi connectivity index (χ1v) is 17.2. The van der Waals surface area contributed by atoms with E-state index in [-0.39, 0.29) is 58.3 Å². The third kappa shape index (κ3) is 6.66. The maximum Gasteiger partial charge on any atom is 0.504 e. The zero-order valence-electron chi connectivity index (χ0n) is 30.1. The molecule has 7 aromatic rings. The third-order valence-corrected chi connectivity index (χ3v) is 9.23. The van der Waals surface area contributed by atoms with Crippen molar-refractivity contribution < 1.29 is 27.6 Å². The fourth-order valence-electron chi connectivity index (χ4n) is 6.71. The predicted molar refractivity (Wildman–Crippen MR) is 198 cm³/mol. The molecule has 5 aromatic heterocycles. The summed E-state index contributed by atoms with van der Waals surface area (Å²) in [6, 6.07) is 9.85. The van der Waals surface area contributed by atoms with Crippen molar-refractivity contribution in [1.82, 2.24) is 43.6 Å². The minimum Gasteiger partial charge on any atom is -0.366 e. The van der Waals surface area contributed by atoms with Crippen molar-refractivity contribution >= 4 is 56.6 Å². The number of carbonyl (C=O) groups excluding carboxylic acids is 3. The molecule has 0 aliphatic carbocycles. The summed E-state index contributed by atoms with van der Waals surface area (Å²) in [5, 5.41) is 12.2. The number of anilines is 1. The number of nitrogens with zero attached hydrogens (tertiary/aromatic N) is 9. The minimum absolute atomic E-state index is 0.0543. The number of hydrogen-bond acceptors (Lipinski definition) is 8. The number of nitrogens with one attached hydrogen (secondary N) is 1. The molecule has 0 bridgehead atoms. The number of amides is 3. The van der Waals surface area contributed by atoms with Crippen LogP contribution >= 0.6 is 0 Å². The van der Waals surface area contributed by atoms with E-state index >= 15 is 0 Å². The Labute approximate surface area is 310 Å². The number of imidazole rings is 1. The van der Waals surface area contributed by atoms with Gasteiger partial charge in [0.05, 0.1) is 33.5 Å². The summed E-state index contributed by atoms with van der Waals surface area (Å²) in [4.78, 5) is 51.5. The molecule has 18 heteroatoms. The average molecular weight is 753 g/mol. The maximum atomic E-state index is 13.6. The number of fused-ring (bicyclic) bond motifs is 4. The van der Waals surface area contributed by atoms with E-state index in [9.17, 15) is 27.6 Å². The summed E-state index contributed by atoms with van der Waals surface area (Å²) < 4.78 is 45.9. The number of rotatable bonds is 11. The lowest BCUT2D eigenvalue weighted by Crippen LogP contribution is -2.20. The lowest BCUT2D eigenvalue weighted by atomic mass is 10.1. The molecule has 0 aliphatic rings. The molecule has 0 radical (unpaired) electrons. The van der Waals surface area contributed by atoms with Gasteiger partial charge < -0.3 is 20.6 Å². The second kappa shape index (κ2) is 13.9. The summed E-state index contributed by atoms with van der Waals surface area (Å²) in [6.07, 6.45) is 1.59. The van der Waals surface area contributed by atoms with E-state index in [0.29, 0.717) is 56.5 Å². The van der Waals surface area contributed by atoms with E-state index in [4.69, 9.17) is 16.5 Å². The minimum atomic E-state index is -4.72. The summed E-state index contributed by atoms with van der Waals surface area (Å²) >= 11 is 0. The lowest BCUT2D eigenvalue weighted by Gasteiger charge is -2.10. The SMILES string of the molecule is CCc1nn(C(F)(F)F)cc1-c1ncc2c3cc(C(N)=O)ccc3n(C/C=C/Cn3c(NC(=O)c4cc(C)nn4CC)nc4cc(C(N)=O)cc(C)c43)c2n1. The number of allylic oxidation sites excluding steroid dienone is 2. The molecule has 5 N–H and O–H groups in total. The van der Waals surface area contributed by atoms with Gasteiger partial charge in [-0.2, -0.15) is 14.9 Å². The molecule has 0 spiro atoms. The topological polar surface area (TPSA) is 199 Å². The Hall–Kier alpha value is -6.85. The zero-order valence-corrected chi connectivity index (χ0v) is 30.1. The van der Waals surface area contributed by atoms with Crippen LogP contribution in [-0.4, -0.2) is 61.4 Å². The number of aromatic nitrogens is 9. The molecule has 282 valence electrons. The van der Waals surface area contributed by atoms with Crippen molar-refractivity contribution in [3.8, 4) is 11.4 Å². The molecule has 2 aromatic carbocycles. The highest BCUT2D eigenvalue weighted by molar-refractivity contribution is 6.09. The Balaban J connectivity index is 1.29. The molecule has 5 heterocycles. The number of carbonyl (C=O) groups is 3. The van der Waals surface area contributed by atoms with Gasteiger partial charge in [-0.15, -0.1) is 13.2 Å². The van der Waals surface area contributed by atoms with E-state index in [2.05, 4.69) is 25.5 Å². The molecule has 0 saturated carbocycles. The summed E-state index contributed by atoms with van der Waals surface area (Å²) in [5.41, 5.74) is 16.0. The van der Waals surface area contributed by atoms with E-state index in [1.54, 1.807) is 59.5 Å². The third-order valence-electron chi connectivity index (χ3n) is 9.23. The van der Waals surface area contributed by atoms with Gasteiger partial charge in [0.1, 0.15) is 11.3 Å². The number of nitrogens with two attached hydrogens (primary N) is 2. The molecule has 0 saturated heterocycles. The van der Waals surface area contributed by atoms with Crippen molar-refractivity contribution in [3.63, 3.8) is 0 Å². The van der Waals surface area contributed by atoms with Crippen molar-refractivity contribution in [2.24, 2.45) is 11.5 Å². The van der Waals surface area contributed by atoms with Gasteiger partial charge in [-0.25, -0.2) is 15.0 Å². The van der Waals surface area contributed by atoms with E-state index < -0.39 is 24.0 Å². The Morgan fingerprint density at radius 3 is 2.29 bits per heavy atom. The highest BCUT2D eigenvalue weighted by Gasteiger charge is 2.33. The normalized spacial score (nSPS) is 12.1. The van der Waals surface area contributed by atoms with Crippen LogP contribution in [0, 0.1) is 13.8 Å². The molecule has 3 amide bonds. The van der Waals surface area contributed by atoms with Crippen LogP contribution < -0.4 is 16.8 Å². The number of hydrogen-bond donors (Lipinski definition) is 3. The molecular weight excluding hydrogens is 717 g/mol. The predicted octanol–water partition coefficient (Wildman–Crippen LogP) is 5.38. The van der Waals surface area contributed by atoms with Crippen LogP contribution in [0.3, 0.4) is 0 Å². The molecule has 0 atom stereocenters. The molecule has 0 unspecified atom stereocenters. The highest BCUT2D eigenvalue weighted by Crippen LogP contribution is 2.33. The number of primary amides is 2. The average Bonchev–Trinajstić information content (AvgIpc) is 3.91. The van der Waals surface area contributed by atoms with Crippen LogP contribution in [0.2, 0.25) is 0 Å². The van der Waals surface area contributed by atoms with Gasteiger partial charge in [0.25, 0.3) is 5.91 Å². The Bertz CT molecular complexity index is 2720. The number of halogens is 3. The van der Waals surface area contributed by atoms with Crippen LogP contribution in [0.25, 0.3) is 44.4 Å². The van der Waals surface area contributed by atoms with E-state index in [0.717, 1.165) is 6.20 Å². The van der Waals surface area contributed by atoms with Crippen molar-refractivity contribution in [3.05, 3.63) is 94.7 Å². The Kier molecular flexibility index (Phi) is 9.19. The Morgan fingerprint density at radius 2 is 1.62 bits per heavy atom. The smallest absolute Gasteiger partial charge is 0.366 e. The lowest BCUT2D eigenvalue weighted by molar-refractivity contribution is -0.212. The first kappa shape index (κ1) is 36.5. The number of alkyl halides is 3. The summed E-state index contributed by atoms with van der Waals surface area (Å²) in [7, 11) is 0. The second-order valence-corrected chi connectivity index (χ2v) is 12.9. The fourth-order valence-corrected chi connectivity index (χ4v) is 6.71. The molecular formula is C37H35F3N12O3. The monoisotopic (exact) mass is 752 g/mol. The molecule has 7 rings (SSSR count). The first-order chi connectivity index (χ1) is 26.2. The molecule has 0 aliphatic heterocycles. The van der Waals surface area contributed by atoms with Crippen LogP contribution in [0.5, 0.6) is 0 Å².